The van der Waals surface area contributed by atoms with Gasteiger partial charge in [-0.25, -0.2) is 0 Å². The van der Waals surface area contributed by atoms with E-state index in [0.717, 1.165) is 37.6 Å². The molecule has 1 rings (SSSR count). The molecule has 22 heavy (non-hydrogen) atoms. The van der Waals surface area contributed by atoms with Crippen molar-refractivity contribution in [3.63, 3.8) is 0 Å². The van der Waals surface area contributed by atoms with E-state index in [1.807, 2.05) is 11.8 Å². The van der Waals surface area contributed by atoms with Crippen molar-refractivity contribution in [2.75, 3.05) is 18.3 Å². The maximum absolute atomic E-state index is 10.6. The molecule has 1 amide bonds. The molecule has 4 heteroatoms. The fourth-order valence-electron chi connectivity index (χ4n) is 2.46. The lowest BCUT2D eigenvalue weighted by molar-refractivity contribution is -0.118. The second-order valence-corrected chi connectivity index (χ2v) is 6.99. The maximum atomic E-state index is 10.6. The van der Waals surface area contributed by atoms with Gasteiger partial charge in [-0.2, -0.15) is 0 Å². The van der Waals surface area contributed by atoms with E-state index in [1.165, 1.54) is 31.3 Å². The predicted octanol–water partition coefficient (Wildman–Crippen LogP) is 4.68. The van der Waals surface area contributed by atoms with E-state index in [2.05, 4.69) is 25.2 Å². The Morgan fingerprint density at radius 1 is 1.36 bits per heavy atom. The topological polar surface area (TPSA) is 52.3 Å². The molecule has 1 atom stereocenters. The average Bonchev–Trinajstić information content (AvgIpc) is 2.53. The van der Waals surface area contributed by atoms with E-state index < -0.39 is 0 Å². The molecular formula is C18H33NO2S. The molecule has 2 N–H and O–H groups in total. The Morgan fingerprint density at radius 2 is 2.18 bits per heavy atom. The SMILES string of the molecule is CC(CCOCSCCCCCCC(N)=O)C1=CCCC=C1.[HH]. The highest BCUT2D eigenvalue weighted by atomic mass is 32.2. The standard InChI is InChI=1S/C18H31NO2S.H2/c1-16(17-9-5-4-6-10-17)12-13-21-15-22-14-8-3-2-7-11-18(19)20;/h5,9-10,16H,2-4,6-8,11-15H2,1H3,(H2,19,20);1H. The summed E-state index contributed by atoms with van der Waals surface area (Å²) in [6.07, 6.45) is 15.3. The summed E-state index contributed by atoms with van der Waals surface area (Å²) < 4.78 is 5.70. The fraction of sp³-hybridized carbons (Fsp3) is 0.722. The summed E-state index contributed by atoms with van der Waals surface area (Å²) in [5.41, 5.74) is 6.57. The summed E-state index contributed by atoms with van der Waals surface area (Å²) in [4.78, 5) is 10.6. The number of unbranched alkanes of at least 4 members (excludes halogenated alkanes) is 3. The third-order valence-electron chi connectivity index (χ3n) is 3.92. The second kappa shape index (κ2) is 12.8. The van der Waals surface area contributed by atoms with Crippen molar-refractivity contribution < 1.29 is 11.0 Å². The zero-order valence-electron chi connectivity index (χ0n) is 13.9. The lowest BCUT2D eigenvalue weighted by atomic mass is 9.93. The van der Waals surface area contributed by atoms with Crippen LogP contribution in [0.2, 0.25) is 0 Å². The van der Waals surface area contributed by atoms with Crippen LogP contribution in [0.1, 0.15) is 59.7 Å². The molecule has 1 aliphatic carbocycles. The Bertz CT molecular complexity index is 372. The smallest absolute Gasteiger partial charge is 0.217 e. The zero-order valence-corrected chi connectivity index (χ0v) is 14.7. The second-order valence-electron chi connectivity index (χ2n) is 5.94. The largest absolute Gasteiger partial charge is 0.371 e. The van der Waals surface area contributed by atoms with Gasteiger partial charge in [0.15, 0.2) is 0 Å². The lowest BCUT2D eigenvalue weighted by Gasteiger charge is -2.15. The Labute approximate surface area is 141 Å². The van der Waals surface area contributed by atoms with E-state index in [1.54, 1.807) is 0 Å². The monoisotopic (exact) mass is 327 g/mol. The number of rotatable bonds is 13. The van der Waals surface area contributed by atoms with Gasteiger partial charge in [0.2, 0.25) is 5.91 Å². The molecule has 1 aliphatic rings. The number of hydrogen-bond acceptors (Lipinski definition) is 3. The normalized spacial score (nSPS) is 15.6. The summed E-state index contributed by atoms with van der Waals surface area (Å²) in [5, 5.41) is 0. The van der Waals surface area contributed by atoms with Crippen molar-refractivity contribution in [2.24, 2.45) is 11.7 Å². The molecule has 128 valence electrons. The van der Waals surface area contributed by atoms with E-state index in [-0.39, 0.29) is 7.33 Å². The molecule has 0 heterocycles. The molecule has 0 spiro atoms. The van der Waals surface area contributed by atoms with Crippen LogP contribution < -0.4 is 5.73 Å². The van der Waals surface area contributed by atoms with Crippen LogP contribution in [0.4, 0.5) is 0 Å². The van der Waals surface area contributed by atoms with Crippen molar-refractivity contribution in [1.82, 2.24) is 0 Å². The fourth-order valence-corrected chi connectivity index (χ4v) is 3.22. The number of allylic oxidation sites excluding steroid dienone is 4. The molecule has 0 radical (unpaired) electrons. The number of amides is 1. The summed E-state index contributed by atoms with van der Waals surface area (Å²) in [6, 6.07) is 0. The highest BCUT2D eigenvalue weighted by molar-refractivity contribution is 7.99. The number of hydrogen-bond donors (Lipinski definition) is 1. The van der Waals surface area contributed by atoms with Crippen LogP contribution in [0.3, 0.4) is 0 Å². The molecule has 1 unspecified atom stereocenters. The van der Waals surface area contributed by atoms with Gasteiger partial charge >= 0.3 is 0 Å². The minimum atomic E-state index is -0.184. The first-order valence-electron chi connectivity index (χ1n) is 8.50. The quantitative estimate of drug-likeness (QED) is 0.395. The van der Waals surface area contributed by atoms with Gasteiger partial charge in [0.05, 0.1) is 5.94 Å². The Kier molecular flexibility index (Phi) is 11.2. The Morgan fingerprint density at radius 3 is 2.91 bits per heavy atom. The molecule has 0 fully saturated rings. The first-order valence-corrected chi connectivity index (χ1v) is 9.66. The molecule has 0 aromatic rings. The van der Waals surface area contributed by atoms with Crippen LogP contribution in [0.15, 0.2) is 23.8 Å². The summed E-state index contributed by atoms with van der Waals surface area (Å²) in [7, 11) is 0. The van der Waals surface area contributed by atoms with Gasteiger partial charge in [0, 0.05) is 14.5 Å². The summed E-state index contributed by atoms with van der Waals surface area (Å²) in [6.45, 7) is 3.13. The zero-order chi connectivity index (χ0) is 16.0. The van der Waals surface area contributed by atoms with Gasteiger partial charge in [0.25, 0.3) is 0 Å². The molecule has 0 saturated carbocycles. The van der Waals surface area contributed by atoms with Crippen molar-refractivity contribution in [2.45, 2.75) is 58.3 Å². The summed E-state index contributed by atoms with van der Waals surface area (Å²) >= 11 is 1.86. The number of carbonyl (C=O) groups is 1. The van der Waals surface area contributed by atoms with E-state index in [9.17, 15) is 4.79 Å². The van der Waals surface area contributed by atoms with Crippen molar-refractivity contribution in [3.05, 3.63) is 23.8 Å². The van der Waals surface area contributed by atoms with E-state index >= 15 is 0 Å². The predicted molar refractivity (Wildman–Crippen MR) is 97.9 cm³/mol. The molecule has 0 saturated heterocycles. The maximum Gasteiger partial charge on any atom is 0.217 e. The molecule has 0 bridgehead atoms. The number of ether oxygens (including phenoxy) is 1. The van der Waals surface area contributed by atoms with Crippen molar-refractivity contribution in [1.29, 1.82) is 0 Å². The van der Waals surface area contributed by atoms with Gasteiger partial charge in [-0.3, -0.25) is 4.79 Å². The molecule has 0 aliphatic heterocycles. The molecule has 0 aromatic carbocycles. The number of primary amides is 1. The number of carbonyl (C=O) groups excluding carboxylic acids is 1. The van der Waals surface area contributed by atoms with Crippen LogP contribution in [0.5, 0.6) is 0 Å². The van der Waals surface area contributed by atoms with Gasteiger partial charge in [-0.05, 0) is 49.3 Å². The van der Waals surface area contributed by atoms with Gasteiger partial charge in [0.1, 0.15) is 0 Å². The van der Waals surface area contributed by atoms with E-state index in [0.29, 0.717) is 12.3 Å². The van der Waals surface area contributed by atoms with Crippen molar-refractivity contribution in [3.8, 4) is 0 Å². The van der Waals surface area contributed by atoms with Crippen LogP contribution >= 0.6 is 11.8 Å². The Balaban J connectivity index is 0.00000484. The third-order valence-corrected chi connectivity index (χ3v) is 4.83. The molecular weight excluding hydrogens is 294 g/mol. The lowest BCUT2D eigenvalue weighted by Crippen LogP contribution is -2.09. The number of nitrogens with two attached hydrogens (primary N) is 1. The van der Waals surface area contributed by atoms with E-state index in [4.69, 9.17) is 10.5 Å². The molecule has 0 aromatic heterocycles. The highest BCUT2D eigenvalue weighted by Gasteiger charge is 2.07. The van der Waals surface area contributed by atoms with Crippen LogP contribution in [-0.2, 0) is 9.53 Å². The van der Waals surface area contributed by atoms with Gasteiger partial charge in [-0.15, -0.1) is 11.8 Å². The first kappa shape index (κ1) is 19.3. The third kappa shape index (κ3) is 10.1. The van der Waals surface area contributed by atoms with Crippen LogP contribution in [0, 0.1) is 5.92 Å². The molecule has 3 nitrogen and oxygen atoms in total. The minimum absolute atomic E-state index is 0. The highest BCUT2D eigenvalue weighted by Crippen LogP contribution is 2.21. The first-order chi connectivity index (χ1) is 10.7. The van der Waals surface area contributed by atoms with Crippen LogP contribution in [-0.4, -0.2) is 24.2 Å². The van der Waals surface area contributed by atoms with Crippen molar-refractivity contribution >= 4 is 17.7 Å². The summed E-state index contributed by atoms with van der Waals surface area (Å²) in [5.74, 6) is 2.35. The van der Waals surface area contributed by atoms with Gasteiger partial charge in [-0.1, -0.05) is 38.0 Å². The Hall–Kier alpha value is -0.740. The van der Waals surface area contributed by atoms with Crippen LogP contribution in [0.25, 0.3) is 0 Å². The minimum Gasteiger partial charge on any atom is -0.371 e. The average molecular weight is 328 g/mol. The number of thioether (sulfide) groups is 1. The van der Waals surface area contributed by atoms with Gasteiger partial charge < -0.3 is 10.5 Å².